The van der Waals surface area contributed by atoms with Gasteiger partial charge in [0.15, 0.2) is 0 Å². The number of hydrogen-bond acceptors (Lipinski definition) is 3. The zero-order valence-corrected chi connectivity index (χ0v) is 17.2. The first-order chi connectivity index (χ1) is 12.5. The van der Waals surface area contributed by atoms with E-state index in [1.54, 1.807) is 0 Å². The van der Waals surface area contributed by atoms with Gasteiger partial charge in [-0.15, -0.1) is 0 Å². The maximum absolute atomic E-state index is 12.8. The summed E-state index contributed by atoms with van der Waals surface area (Å²) < 4.78 is 6.94. The Morgan fingerprint density at radius 2 is 1.92 bits per heavy atom. The van der Waals surface area contributed by atoms with E-state index >= 15 is 0 Å². The third-order valence-electron chi connectivity index (χ3n) is 4.47. The van der Waals surface area contributed by atoms with E-state index in [4.69, 9.17) is 4.74 Å². The lowest BCUT2D eigenvalue weighted by atomic mass is 10.0. The Kier molecular flexibility index (Phi) is 7.69. The highest BCUT2D eigenvalue weighted by atomic mass is 79.9. The number of halogens is 1. The van der Waals surface area contributed by atoms with Gasteiger partial charge in [-0.1, -0.05) is 54.4 Å². The van der Waals surface area contributed by atoms with Crippen LogP contribution in [-0.2, 0) is 16.1 Å². The summed E-state index contributed by atoms with van der Waals surface area (Å²) in [4.78, 5) is 24.8. The molecule has 1 amide bonds. The van der Waals surface area contributed by atoms with E-state index in [2.05, 4.69) is 25.8 Å². The van der Waals surface area contributed by atoms with Gasteiger partial charge in [0.2, 0.25) is 0 Å². The molecule has 0 aliphatic rings. The predicted octanol–water partition coefficient (Wildman–Crippen LogP) is 4.13. The number of nitrogens with zero attached hydrogens (tertiary/aromatic N) is 1. The number of nitrogens with one attached hydrogen (secondary N) is 1. The maximum atomic E-state index is 12.8. The first-order valence-electron chi connectivity index (χ1n) is 9.02. The highest BCUT2D eigenvalue weighted by Crippen LogP contribution is 2.22. The van der Waals surface area contributed by atoms with Crippen molar-refractivity contribution in [1.82, 2.24) is 9.88 Å². The molecule has 0 radical (unpaired) electrons. The van der Waals surface area contributed by atoms with Crippen LogP contribution in [0.1, 0.15) is 43.5 Å². The summed E-state index contributed by atoms with van der Waals surface area (Å²) in [7, 11) is 1.34. The lowest BCUT2D eigenvalue weighted by Gasteiger charge is -2.19. The van der Waals surface area contributed by atoms with E-state index in [1.165, 1.54) is 7.11 Å². The number of hydrogen-bond donors (Lipinski definition) is 1. The zero-order chi connectivity index (χ0) is 19.1. The quantitative estimate of drug-likeness (QED) is 0.375. The zero-order valence-electron chi connectivity index (χ0n) is 15.6. The van der Waals surface area contributed by atoms with Crippen LogP contribution in [0.25, 0.3) is 10.9 Å². The van der Waals surface area contributed by atoms with Gasteiger partial charge >= 0.3 is 5.97 Å². The van der Waals surface area contributed by atoms with Crippen molar-refractivity contribution in [2.45, 2.75) is 45.7 Å². The standard InChI is InChI=1S/C20H27BrN2O3/c1-14(2)18(20(25)26-3)22-19(24)16-13-23(12-8-4-7-11-21)17-10-6-5-9-15(16)17/h5-6,9-10,13-14,18H,4,7-8,11-12H2,1-3H3,(H,22,24)/t18-/m0/s1. The lowest BCUT2D eigenvalue weighted by molar-refractivity contribution is -0.144. The van der Waals surface area contributed by atoms with Gasteiger partial charge in [-0.05, 0) is 24.8 Å². The summed E-state index contributed by atoms with van der Waals surface area (Å²) in [5, 5.41) is 4.74. The fraction of sp³-hybridized carbons (Fsp3) is 0.500. The molecule has 1 aromatic carbocycles. The Balaban J connectivity index is 2.25. The number of amides is 1. The Bertz CT molecular complexity index is 755. The van der Waals surface area contributed by atoms with Gasteiger partial charge in [-0.25, -0.2) is 4.79 Å². The number of carbonyl (C=O) groups is 2. The summed E-state index contributed by atoms with van der Waals surface area (Å²) >= 11 is 3.45. The number of aromatic nitrogens is 1. The van der Waals surface area contributed by atoms with Crippen molar-refractivity contribution in [3.63, 3.8) is 0 Å². The molecular formula is C20H27BrN2O3. The van der Waals surface area contributed by atoms with E-state index in [0.29, 0.717) is 5.56 Å². The molecule has 1 atom stereocenters. The number of carbonyl (C=O) groups excluding carboxylic acids is 2. The molecule has 0 saturated heterocycles. The predicted molar refractivity (Wildman–Crippen MR) is 108 cm³/mol. The number of esters is 1. The summed E-state index contributed by atoms with van der Waals surface area (Å²) in [6.45, 7) is 4.63. The van der Waals surface area contributed by atoms with Gasteiger partial charge in [0.25, 0.3) is 5.91 Å². The van der Waals surface area contributed by atoms with Crippen LogP contribution in [0.15, 0.2) is 30.5 Å². The average Bonchev–Trinajstić information content (AvgIpc) is 3.01. The van der Waals surface area contributed by atoms with Gasteiger partial charge in [0, 0.05) is 29.0 Å². The number of alkyl halides is 1. The number of benzene rings is 1. The van der Waals surface area contributed by atoms with Crippen molar-refractivity contribution >= 4 is 38.7 Å². The van der Waals surface area contributed by atoms with Gasteiger partial charge in [0.05, 0.1) is 12.7 Å². The molecule has 1 heterocycles. The SMILES string of the molecule is COC(=O)[C@@H](NC(=O)c1cn(CCCCCBr)c2ccccc12)C(C)C. The highest BCUT2D eigenvalue weighted by Gasteiger charge is 2.26. The van der Waals surface area contributed by atoms with E-state index in [-0.39, 0.29) is 11.8 Å². The molecule has 0 saturated carbocycles. The molecule has 2 rings (SSSR count). The minimum atomic E-state index is -0.659. The average molecular weight is 423 g/mol. The smallest absolute Gasteiger partial charge is 0.328 e. The third kappa shape index (κ3) is 4.87. The molecule has 0 aliphatic carbocycles. The van der Waals surface area contributed by atoms with Crippen molar-refractivity contribution in [2.75, 3.05) is 12.4 Å². The minimum absolute atomic E-state index is 0.0519. The maximum Gasteiger partial charge on any atom is 0.328 e. The van der Waals surface area contributed by atoms with Gasteiger partial charge in [-0.3, -0.25) is 4.79 Å². The van der Waals surface area contributed by atoms with Crippen molar-refractivity contribution in [3.8, 4) is 0 Å². The third-order valence-corrected chi connectivity index (χ3v) is 5.03. The van der Waals surface area contributed by atoms with Gasteiger partial charge in [-0.2, -0.15) is 0 Å². The highest BCUT2D eigenvalue weighted by molar-refractivity contribution is 9.09. The molecule has 0 aliphatic heterocycles. The van der Waals surface area contributed by atoms with Gasteiger partial charge < -0.3 is 14.6 Å². The topological polar surface area (TPSA) is 60.3 Å². The normalized spacial score (nSPS) is 12.3. The second-order valence-electron chi connectivity index (χ2n) is 6.72. The number of aryl methyl sites for hydroxylation is 1. The minimum Gasteiger partial charge on any atom is -0.467 e. The summed E-state index contributed by atoms with van der Waals surface area (Å²) in [5.74, 6) is -0.722. The molecule has 26 heavy (non-hydrogen) atoms. The van der Waals surface area contributed by atoms with Crippen LogP contribution < -0.4 is 5.32 Å². The largest absolute Gasteiger partial charge is 0.467 e. The number of para-hydroxylation sites is 1. The fourth-order valence-electron chi connectivity index (χ4n) is 3.01. The molecule has 0 bridgehead atoms. The molecule has 1 aromatic heterocycles. The number of rotatable bonds is 9. The molecule has 0 fully saturated rings. The monoisotopic (exact) mass is 422 g/mol. The van der Waals surface area contributed by atoms with E-state index < -0.39 is 12.0 Å². The van der Waals surface area contributed by atoms with E-state index in [9.17, 15) is 9.59 Å². The lowest BCUT2D eigenvalue weighted by Crippen LogP contribution is -2.45. The molecule has 2 aromatic rings. The Labute approximate surface area is 163 Å². The molecule has 0 spiro atoms. The molecule has 6 heteroatoms. The summed E-state index contributed by atoms with van der Waals surface area (Å²) in [6.07, 6.45) is 5.23. The molecule has 1 N–H and O–H groups in total. The number of ether oxygens (including phenoxy) is 1. The van der Waals surface area contributed by atoms with Gasteiger partial charge in [0.1, 0.15) is 6.04 Å². The van der Waals surface area contributed by atoms with Crippen LogP contribution in [0.2, 0.25) is 0 Å². The Morgan fingerprint density at radius 3 is 2.58 bits per heavy atom. The molecule has 142 valence electrons. The van der Waals surface area contributed by atoms with Crippen LogP contribution in [0.5, 0.6) is 0 Å². The second kappa shape index (κ2) is 9.76. The van der Waals surface area contributed by atoms with Crippen molar-refractivity contribution in [1.29, 1.82) is 0 Å². The van der Waals surface area contributed by atoms with Crippen molar-refractivity contribution in [3.05, 3.63) is 36.0 Å². The Morgan fingerprint density at radius 1 is 1.19 bits per heavy atom. The van der Waals surface area contributed by atoms with Crippen molar-refractivity contribution < 1.29 is 14.3 Å². The molecule has 5 nitrogen and oxygen atoms in total. The summed E-state index contributed by atoms with van der Waals surface area (Å²) in [5.41, 5.74) is 1.63. The van der Waals surface area contributed by atoms with Crippen LogP contribution in [0.3, 0.4) is 0 Å². The van der Waals surface area contributed by atoms with Crippen LogP contribution >= 0.6 is 15.9 Å². The van der Waals surface area contributed by atoms with Crippen LogP contribution in [-0.4, -0.2) is 34.9 Å². The van der Waals surface area contributed by atoms with Crippen molar-refractivity contribution in [2.24, 2.45) is 5.92 Å². The van der Waals surface area contributed by atoms with Crippen LogP contribution in [0.4, 0.5) is 0 Å². The molecular weight excluding hydrogens is 396 g/mol. The summed E-state index contributed by atoms with van der Waals surface area (Å²) in [6, 6.07) is 7.21. The number of methoxy groups -OCH3 is 1. The Hall–Kier alpha value is -1.82. The van der Waals surface area contributed by atoms with Crippen LogP contribution in [0, 0.1) is 5.92 Å². The molecule has 0 unspecified atom stereocenters. The number of fused-ring (bicyclic) bond motifs is 1. The fourth-order valence-corrected chi connectivity index (χ4v) is 3.41. The first kappa shape index (κ1) is 20.5. The number of unbranched alkanes of at least 4 members (excludes halogenated alkanes) is 2. The first-order valence-corrected chi connectivity index (χ1v) is 10.1. The van der Waals surface area contributed by atoms with E-state index in [0.717, 1.165) is 42.0 Å². The second-order valence-corrected chi connectivity index (χ2v) is 7.51. The van der Waals surface area contributed by atoms with E-state index in [1.807, 2.05) is 44.3 Å².